The Hall–Kier alpha value is -5.63. The van der Waals surface area contributed by atoms with Crippen LogP contribution in [0.2, 0.25) is 0 Å². The van der Waals surface area contributed by atoms with Crippen LogP contribution in [0.3, 0.4) is 0 Å². The third kappa shape index (κ3) is 17.7. The molecule has 2 aliphatic rings. The zero-order valence-corrected chi connectivity index (χ0v) is 46.6. The Bertz CT molecular complexity index is 2800. The number of esters is 1. The van der Waals surface area contributed by atoms with Crippen molar-refractivity contribution in [1.82, 2.24) is 9.62 Å². The van der Waals surface area contributed by atoms with Gasteiger partial charge in [0.1, 0.15) is 29.5 Å². The number of sulfonamides is 1. The number of para-hydroxylation sites is 1. The Morgan fingerprint density at radius 3 is 1.90 bits per heavy atom. The van der Waals surface area contributed by atoms with Crippen molar-refractivity contribution < 1.29 is 78.2 Å². The van der Waals surface area contributed by atoms with Gasteiger partial charge in [-0.15, -0.1) is 0 Å². The van der Waals surface area contributed by atoms with Gasteiger partial charge in [-0.25, -0.2) is 27.1 Å². The van der Waals surface area contributed by atoms with E-state index in [1.807, 2.05) is 26.0 Å². The fourth-order valence-corrected chi connectivity index (χ4v) is 12.8. The number of phosphoric acid groups is 1. The van der Waals surface area contributed by atoms with Crippen LogP contribution >= 0.6 is 15.4 Å². The van der Waals surface area contributed by atoms with Crippen LogP contribution in [0.4, 0.5) is 4.79 Å². The number of alkyl carbamates (subject to hydrolysis) is 1. The number of hydrogen-bond acceptors (Lipinski definition) is 17. The molecule has 0 bridgehead atoms. The van der Waals surface area contributed by atoms with Crippen LogP contribution in [-0.2, 0) is 80.6 Å². The quantitative estimate of drug-likeness (QED) is 0.0348. The minimum atomic E-state index is -4.73. The van der Waals surface area contributed by atoms with E-state index in [-0.39, 0.29) is 61.0 Å². The van der Waals surface area contributed by atoms with Crippen molar-refractivity contribution in [2.24, 2.45) is 11.8 Å². The lowest BCUT2D eigenvalue weighted by Gasteiger charge is -2.35. The molecule has 0 radical (unpaired) electrons. The molecule has 2 heterocycles. The molecule has 1 amide bonds. The Balaban J connectivity index is 1.24. The summed E-state index contributed by atoms with van der Waals surface area (Å²) in [5, 5.41) is 2.94. The normalized spacial score (nSPS) is 18.5. The Kier molecular flexibility index (Phi) is 21.3. The summed E-state index contributed by atoms with van der Waals surface area (Å²) in [4.78, 5) is 27.0. The topological polar surface area (TPSA) is 219 Å². The lowest BCUT2D eigenvalue weighted by Crippen LogP contribution is -2.52. The molecule has 22 heteroatoms. The Morgan fingerprint density at radius 2 is 1.31 bits per heavy atom. The zero-order chi connectivity index (χ0) is 55.0. The van der Waals surface area contributed by atoms with Crippen molar-refractivity contribution in [2.45, 2.75) is 102 Å². The molecule has 1 unspecified atom stereocenters. The fourth-order valence-electron chi connectivity index (χ4n) is 8.34. The SMILES string of the molecule is COc1ccc(S(=O)(=O)N(CC(C)C)C[C@@H](OP(=O)(OCc2ccccc2)OCc2ccccc2)[C@H](Cc2ccc(OCP(=O)(Oc3ccccc3)O[C@@H](C)C(=O)OC(C)C)cc2)NC(=O)O[C@H]2CO[C@H]3OCC[C@H]32)cc1. The molecule has 0 aromatic heterocycles. The molecule has 19 nitrogen and oxygen atoms in total. The summed E-state index contributed by atoms with van der Waals surface area (Å²) in [6.45, 7) is 8.04. The minimum absolute atomic E-state index is 0.0286. The first-order valence-corrected chi connectivity index (χ1v) is 30.0. The first-order chi connectivity index (χ1) is 36.9. The molecule has 2 fully saturated rings. The Morgan fingerprint density at radius 1 is 0.714 bits per heavy atom. The van der Waals surface area contributed by atoms with E-state index in [2.05, 4.69) is 5.32 Å². The fraction of sp³-hybridized carbons (Fsp3) is 0.418. The molecule has 77 heavy (non-hydrogen) atoms. The number of carbonyl (C=O) groups excluding carboxylic acids is 2. The molecule has 0 spiro atoms. The van der Waals surface area contributed by atoms with Gasteiger partial charge >= 0.3 is 27.5 Å². The average Bonchev–Trinajstić information content (AvgIpc) is 4.05. The largest absolute Gasteiger partial charge is 0.497 e. The molecular formula is C55H68N2O17P2S. The minimum Gasteiger partial charge on any atom is -0.497 e. The number of phosphoric ester groups is 1. The number of amides is 1. The number of methoxy groups -OCH3 is 1. The van der Waals surface area contributed by atoms with E-state index >= 15 is 4.57 Å². The monoisotopic (exact) mass is 1120 g/mol. The van der Waals surface area contributed by atoms with Crippen molar-refractivity contribution >= 4 is 37.5 Å². The molecule has 7 rings (SSSR count). The van der Waals surface area contributed by atoms with Crippen molar-refractivity contribution in [3.63, 3.8) is 0 Å². The highest BCUT2D eigenvalue weighted by Crippen LogP contribution is 2.53. The van der Waals surface area contributed by atoms with Gasteiger partial charge in [0.25, 0.3) is 0 Å². The molecule has 5 aromatic rings. The summed E-state index contributed by atoms with van der Waals surface area (Å²) in [7, 11) is -11.8. The number of ether oxygens (including phenoxy) is 6. The molecule has 2 saturated heterocycles. The lowest BCUT2D eigenvalue weighted by molar-refractivity contribution is -0.155. The summed E-state index contributed by atoms with van der Waals surface area (Å²) >= 11 is 0. The van der Waals surface area contributed by atoms with E-state index in [0.717, 1.165) is 0 Å². The van der Waals surface area contributed by atoms with Gasteiger partial charge in [0.15, 0.2) is 12.4 Å². The van der Waals surface area contributed by atoms with Crippen LogP contribution in [0, 0.1) is 11.8 Å². The number of benzene rings is 5. The number of carbonyl (C=O) groups is 2. The molecule has 1 N–H and O–H groups in total. The summed E-state index contributed by atoms with van der Waals surface area (Å²) in [5.74, 6) is -0.312. The standard InChI is InChI=1S/C55H68N2O17P2S/c1-39(2)33-57(77(62,63)48-28-26-45(64-6)27-29-48)34-51(74-76(61,68-35-43-16-10-7-11-17-43)69-36-44-18-12-8-13-19-44)50(56-55(59)71-52-37-66-54-49(52)30-31-65-54)32-42-22-24-46(25-23-42)67-38-75(60,73-47-20-14-9-15-21-47)72-41(5)53(58)70-40(3)4/h7-29,39-41,49-52,54H,30-38H2,1-6H3,(H,56,59)/t41-,49-,50-,51+,52-,54+,75?/m0/s1. The molecule has 0 aliphatic carbocycles. The van der Waals surface area contributed by atoms with Gasteiger partial charge in [0.05, 0.1) is 56.5 Å². The second-order valence-electron chi connectivity index (χ2n) is 19.1. The summed E-state index contributed by atoms with van der Waals surface area (Å²) in [6.07, 6.45) is -5.38. The van der Waals surface area contributed by atoms with Gasteiger partial charge in [-0.3, -0.25) is 18.1 Å². The van der Waals surface area contributed by atoms with E-state index in [4.69, 9.17) is 51.0 Å². The van der Waals surface area contributed by atoms with E-state index in [1.165, 1.54) is 42.6 Å². The van der Waals surface area contributed by atoms with Gasteiger partial charge in [-0.2, -0.15) is 4.31 Å². The van der Waals surface area contributed by atoms with Crippen molar-refractivity contribution in [1.29, 1.82) is 0 Å². The van der Waals surface area contributed by atoms with Gasteiger partial charge in [-0.05, 0) is 105 Å². The van der Waals surface area contributed by atoms with Gasteiger partial charge in [0.2, 0.25) is 16.4 Å². The van der Waals surface area contributed by atoms with Crippen LogP contribution < -0.4 is 19.3 Å². The van der Waals surface area contributed by atoms with Crippen LogP contribution in [0.15, 0.2) is 144 Å². The van der Waals surface area contributed by atoms with E-state index in [9.17, 15) is 22.6 Å². The third-order valence-corrected chi connectivity index (χ3v) is 17.0. The van der Waals surface area contributed by atoms with Crippen LogP contribution in [0.25, 0.3) is 0 Å². The number of nitrogens with one attached hydrogen (secondary N) is 1. The highest BCUT2D eigenvalue weighted by atomic mass is 32.2. The van der Waals surface area contributed by atoms with Gasteiger partial charge in [-0.1, -0.05) is 105 Å². The van der Waals surface area contributed by atoms with Gasteiger partial charge < -0.3 is 38.3 Å². The maximum absolute atomic E-state index is 15.4. The number of hydrogen-bond donors (Lipinski definition) is 1. The second kappa shape index (κ2) is 27.8. The second-order valence-corrected chi connectivity index (χ2v) is 24.5. The van der Waals surface area contributed by atoms with Crippen molar-refractivity contribution in [3.05, 3.63) is 156 Å². The van der Waals surface area contributed by atoms with E-state index < -0.39 is 87.1 Å². The third-order valence-electron chi connectivity index (χ3n) is 12.1. The predicted octanol–water partition coefficient (Wildman–Crippen LogP) is 10.3. The molecule has 7 atom stereocenters. The first kappa shape index (κ1) is 59.0. The Labute approximate surface area is 450 Å². The number of nitrogens with zero attached hydrogens (tertiary/aromatic N) is 1. The number of rotatable bonds is 29. The lowest BCUT2D eigenvalue weighted by atomic mass is 10.0. The zero-order valence-electron chi connectivity index (χ0n) is 44.0. The highest BCUT2D eigenvalue weighted by Gasteiger charge is 2.45. The smallest absolute Gasteiger partial charge is 0.475 e. The molecule has 0 saturated carbocycles. The average molecular weight is 1120 g/mol. The van der Waals surface area contributed by atoms with E-state index in [0.29, 0.717) is 35.5 Å². The number of fused-ring (bicyclic) bond motifs is 1. The van der Waals surface area contributed by atoms with Crippen LogP contribution in [0.5, 0.6) is 17.2 Å². The predicted molar refractivity (Wildman–Crippen MR) is 285 cm³/mol. The first-order valence-electron chi connectivity index (χ1n) is 25.3. The molecule has 5 aromatic carbocycles. The van der Waals surface area contributed by atoms with Crippen LogP contribution in [-0.4, -0.2) is 101 Å². The highest BCUT2D eigenvalue weighted by molar-refractivity contribution is 7.89. The van der Waals surface area contributed by atoms with E-state index in [1.54, 1.807) is 117 Å². The molecule has 2 aliphatic heterocycles. The van der Waals surface area contributed by atoms with Crippen molar-refractivity contribution in [2.75, 3.05) is 39.8 Å². The summed E-state index contributed by atoms with van der Waals surface area (Å²) in [6, 6.07) is 37.4. The summed E-state index contributed by atoms with van der Waals surface area (Å²) < 4.78 is 125. The van der Waals surface area contributed by atoms with Crippen molar-refractivity contribution in [3.8, 4) is 17.2 Å². The maximum atomic E-state index is 15.4. The van der Waals surface area contributed by atoms with Gasteiger partial charge in [0, 0.05) is 13.1 Å². The molecule has 416 valence electrons. The summed E-state index contributed by atoms with van der Waals surface area (Å²) in [5.41, 5.74) is 1.84. The van der Waals surface area contributed by atoms with Crippen LogP contribution in [0.1, 0.15) is 57.7 Å². The maximum Gasteiger partial charge on any atom is 0.475 e. The molecular weight excluding hydrogens is 1050 g/mol.